The minimum atomic E-state index is -0.185. The lowest BCUT2D eigenvalue weighted by atomic mass is 10.2. The largest absolute Gasteiger partial charge is 0.492 e. The summed E-state index contributed by atoms with van der Waals surface area (Å²) >= 11 is 0. The van der Waals surface area contributed by atoms with Crippen LogP contribution in [-0.4, -0.2) is 20.9 Å². The van der Waals surface area contributed by atoms with Gasteiger partial charge in [0.1, 0.15) is 5.69 Å². The van der Waals surface area contributed by atoms with Crippen molar-refractivity contribution in [1.82, 2.24) is 9.97 Å². The van der Waals surface area contributed by atoms with E-state index < -0.39 is 0 Å². The van der Waals surface area contributed by atoms with Gasteiger partial charge in [0.25, 0.3) is 0 Å². The number of hydrogen-bond acceptors (Lipinski definition) is 4. The van der Waals surface area contributed by atoms with E-state index >= 15 is 0 Å². The molecule has 0 amide bonds. The van der Waals surface area contributed by atoms with Crippen molar-refractivity contribution in [3.05, 3.63) is 17.1 Å². The standard InChI is InChI=1S/C8H10N2O2/c1-4-7(6(3)11)10-8(12)5(2)9-4/h1-3H3,(H,10,12). The predicted octanol–water partition coefficient (Wildman–Crippen LogP) is 1.00. The van der Waals surface area contributed by atoms with E-state index in [1.807, 2.05) is 0 Å². The quantitative estimate of drug-likeness (QED) is 0.632. The number of aromatic nitrogens is 2. The van der Waals surface area contributed by atoms with Gasteiger partial charge in [-0.2, -0.15) is 0 Å². The molecule has 0 fully saturated rings. The Kier molecular flexibility index (Phi) is 2.08. The summed E-state index contributed by atoms with van der Waals surface area (Å²) in [6.07, 6.45) is 0. The monoisotopic (exact) mass is 166 g/mol. The molecular weight excluding hydrogens is 156 g/mol. The number of Topliss-reactive ketones (excluding diaryl/α,β-unsaturated/α-hetero) is 1. The molecule has 0 saturated heterocycles. The van der Waals surface area contributed by atoms with Gasteiger partial charge >= 0.3 is 0 Å². The highest BCUT2D eigenvalue weighted by Crippen LogP contribution is 2.12. The minimum absolute atomic E-state index is 0.175. The van der Waals surface area contributed by atoms with Gasteiger partial charge in [0, 0.05) is 6.92 Å². The highest BCUT2D eigenvalue weighted by atomic mass is 16.3. The summed E-state index contributed by atoms with van der Waals surface area (Å²) in [6, 6.07) is 0. The molecule has 0 aliphatic heterocycles. The fourth-order valence-electron chi connectivity index (χ4n) is 0.956. The number of carbonyl (C=O) groups is 1. The maximum absolute atomic E-state index is 10.9. The summed E-state index contributed by atoms with van der Waals surface area (Å²) in [4.78, 5) is 18.6. The molecule has 0 aromatic carbocycles. The van der Waals surface area contributed by atoms with Crippen LogP contribution in [0, 0.1) is 13.8 Å². The molecule has 1 rings (SSSR count). The van der Waals surface area contributed by atoms with Gasteiger partial charge in [-0.1, -0.05) is 0 Å². The highest BCUT2D eigenvalue weighted by molar-refractivity contribution is 5.93. The fourth-order valence-corrected chi connectivity index (χ4v) is 0.956. The van der Waals surface area contributed by atoms with E-state index in [9.17, 15) is 4.79 Å². The Labute approximate surface area is 70.3 Å². The predicted molar refractivity (Wildman–Crippen MR) is 43.2 cm³/mol. The van der Waals surface area contributed by atoms with Crippen molar-refractivity contribution in [2.24, 2.45) is 0 Å². The lowest BCUT2D eigenvalue weighted by Gasteiger charge is -2.02. The second-order valence-electron chi connectivity index (χ2n) is 2.62. The van der Waals surface area contributed by atoms with Gasteiger partial charge in [-0.15, -0.1) is 0 Å². The van der Waals surface area contributed by atoms with Crippen LogP contribution < -0.4 is 0 Å². The van der Waals surface area contributed by atoms with Gasteiger partial charge in [-0.05, 0) is 13.8 Å². The van der Waals surface area contributed by atoms with E-state index in [-0.39, 0.29) is 17.4 Å². The smallest absolute Gasteiger partial charge is 0.233 e. The molecule has 0 radical (unpaired) electrons. The molecule has 0 bridgehead atoms. The number of aromatic hydroxyl groups is 1. The second-order valence-corrected chi connectivity index (χ2v) is 2.62. The lowest BCUT2D eigenvalue weighted by molar-refractivity contribution is 0.101. The van der Waals surface area contributed by atoms with E-state index in [1.54, 1.807) is 13.8 Å². The van der Waals surface area contributed by atoms with Gasteiger partial charge in [-0.3, -0.25) is 9.78 Å². The van der Waals surface area contributed by atoms with Gasteiger partial charge in [0.15, 0.2) is 5.78 Å². The number of aryl methyl sites for hydroxylation is 2. The zero-order chi connectivity index (χ0) is 9.30. The Balaban J connectivity index is 3.33. The van der Waals surface area contributed by atoms with Gasteiger partial charge in [-0.25, -0.2) is 4.98 Å². The molecule has 4 nitrogen and oxygen atoms in total. The number of hydrogen-bond donors (Lipinski definition) is 1. The van der Waals surface area contributed by atoms with Crippen molar-refractivity contribution >= 4 is 5.78 Å². The molecular formula is C8H10N2O2. The Hall–Kier alpha value is -1.45. The van der Waals surface area contributed by atoms with Crippen LogP contribution in [0.3, 0.4) is 0 Å². The zero-order valence-corrected chi connectivity index (χ0v) is 7.25. The van der Waals surface area contributed by atoms with Crippen LogP contribution in [-0.2, 0) is 0 Å². The molecule has 64 valence electrons. The van der Waals surface area contributed by atoms with Crippen LogP contribution in [0.5, 0.6) is 5.88 Å². The fraction of sp³-hybridized carbons (Fsp3) is 0.375. The Morgan fingerprint density at radius 3 is 2.33 bits per heavy atom. The molecule has 1 aromatic heterocycles. The van der Waals surface area contributed by atoms with Crippen LogP contribution >= 0.6 is 0 Å². The first-order valence-corrected chi connectivity index (χ1v) is 3.57. The molecule has 0 unspecified atom stereocenters. The van der Waals surface area contributed by atoms with Crippen molar-refractivity contribution in [2.75, 3.05) is 0 Å². The molecule has 1 aromatic rings. The average Bonchev–Trinajstić information content (AvgIpc) is 1.96. The summed E-state index contributed by atoms with van der Waals surface area (Å²) in [7, 11) is 0. The molecule has 0 spiro atoms. The van der Waals surface area contributed by atoms with Gasteiger partial charge in [0.05, 0.1) is 11.4 Å². The summed E-state index contributed by atoms with van der Waals surface area (Å²) in [6.45, 7) is 4.72. The van der Waals surface area contributed by atoms with Crippen LogP contribution in [0.1, 0.15) is 28.8 Å². The van der Waals surface area contributed by atoms with Crippen molar-refractivity contribution in [3.63, 3.8) is 0 Å². The van der Waals surface area contributed by atoms with E-state index in [0.29, 0.717) is 11.4 Å². The third-order valence-electron chi connectivity index (χ3n) is 1.55. The maximum atomic E-state index is 10.9. The zero-order valence-electron chi connectivity index (χ0n) is 7.25. The van der Waals surface area contributed by atoms with Gasteiger partial charge in [0.2, 0.25) is 5.88 Å². The first kappa shape index (κ1) is 8.64. The van der Waals surface area contributed by atoms with Crippen molar-refractivity contribution in [1.29, 1.82) is 0 Å². The Morgan fingerprint density at radius 2 is 1.83 bits per heavy atom. The maximum Gasteiger partial charge on any atom is 0.233 e. The van der Waals surface area contributed by atoms with Crippen LogP contribution in [0.25, 0.3) is 0 Å². The summed E-state index contributed by atoms with van der Waals surface area (Å²) in [5, 5.41) is 9.15. The third kappa shape index (κ3) is 1.42. The highest BCUT2D eigenvalue weighted by Gasteiger charge is 2.10. The first-order valence-electron chi connectivity index (χ1n) is 3.57. The normalized spacial score (nSPS) is 9.92. The molecule has 1 N–H and O–H groups in total. The number of ketones is 1. The molecule has 0 saturated carbocycles. The van der Waals surface area contributed by atoms with Crippen LogP contribution in [0.2, 0.25) is 0 Å². The average molecular weight is 166 g/mol. The van der Waals surface area contributed by atoms with Crippen molar-refractivity contribution in [3.8, 4) is 5.88 Å². The first-order chi connectivity index (χ1) is 5.52. The lowest BCUT2D eigenvalue weighted by Crippen LogP contribution is -2.04. The van der Waals surface area contributed by atoms with E-state index in [0.717, 1.165) is 0 Å². The molecule has 0 aliphatic carbocycles. The number of nitrogens with zero attached hydrogens (tertiary/aromatic N) is 2. The van der Waals surface area contributed by atoms with Gasteiger partial charge < -0.3 is 5.11 Å². The van der Waals surface area contributed by atoms with E-state index in [1.165, 1.54) is 6.92 Å². The molecule has 1 heterocycles. The topological polar surface area (TPSA) is 63.1 Å². The van der Waals surface area contributed by atoms with E-state index in [2.05, 4.69) is 9.97 Å². The molecule has 4 heteroatoms. The SMILES string of the molecule is CC(=O)c1nc(O)c(C)nc1C. The Morgan fingerprint density at radius 1 is 1.25 bits per heavy atom. The summed E-state index contributed by atoms with van der Waals surface area (Å²) in [5.41, 5.74) is 1.23. The molecule has 0 atom stereocenters. The van der Waals surface area contributed by atoms with Crippen molar-refractivity contribution in [2.45, 2.75) is 20.8 Å². The third-order valence-corrected chi connectivity index (χ3v) is 1.55. The van der Waals surface area contributed by atoms with Crippen LogP contribution in [0.4, 0.5) is 0 Å². The summed E-state index contributed by atoms with van der Waals surface area (Å²) in [5.74, 6) is -0.360. The van der Waals surface area contributed by atoms with E-state index in [4.69, 9.17) is 5.11 Å². The summed E-state index contributed by atoms with van der Waals surface area (Å²) < 4.78 is 0. The second kappa shape index (κ2) is 2.89. The Bertz CT molecular complexity index is 334. The van der Waals surface area contributed by atoms with Crippen molar-refractivity contribution < 1.29 is 9.90 Å². The minimum Gasteiger partial charge on any atom is -0.492 e. The number of rotatable bonds is 1. The van der Waals surface area contributed by atoms with Crippen LogP contribution in [0.15, 0.2) is 0 Å². The number of carbonyl (C=O) groups excluding carboxylic acids is 1. The molecule has 12 heavy (non-hydrogen) atoms. The molecule has 0 aliphatic rings.